The second kappa shape index (κ2) is 2.10. The van der Waals surface area contributed by atoms with Gasteiger partial charge in [0, 0.05) is 0 Å². The molecule has 0 spiro atoms. The summed E-state index contributed by atoms with van der Waals surface area (Å²) < 4.78 is 9.77. The Balaban J connectivity index is 4.10. The van der Waals surface area contributed by atoms with Gasteiger partial charge < -0.3 is 9.79 Å². The molecule has 0 rings (SSSR count). The topological polar surface area (TPSA) is 57.5 Å². The van der Waals surface area contributed by atoms with Gasteiger partial charge in [-0.3, -0.25) is 4.57 Å². The molecule has 0 heterocycles. The summed E-state index contributed by atoms with van der Waals surface area (Å²) in [5, 5.41) is 0. The van der Waals surface area contributed by atoms with Crippen LogP contribution < -0.4 is 0 Å². The molecule has 0 aliphatic carbocycles. The molecular formula is C3H5O3P. The molecule has 0 atom stereocenters. The van der Waals surface area contributed by atoms with E-state index in [0.717, 1.165) is 0 Å². The zero-order chi connectivity index (χ0) is 5.91. The van der Waals surface area contributed by atoms with E-state index < -0.39 is 7.60 Å². The highest BCUT2D eigenvalue weighted by atomic mass is 31.2. The second-order valence-corrected chi connectivity index (χ2v) is 2.36. The van der Waals surface area contributed by atoms with Gasteiger partial charge in [0.2, 0.25) is 0 Å². The molecule has 0 aromatic heterocycles. The molecule has 0 unspecified atom stereocenters. The predicted molar refractivity (Wildman–Crippen MR) is 25.8 cm³/mol. The Hall–Kier alpha value is -0.330. The summed E-state index contributed by atoms with van der Waals surface area (Å²) in [5.41, 5.74) is 1.97. The maximum atomic E-state index is 9.77. The van der Waals surface area contributed by atoms with E-state index in [0.29, 0.717) is 5.82 Å². The standard InChI is InChI=1S/C3H5O3P/c1-2-3-7(4,5)6/h3H,1H2,(H2,4,5,6). The lowest BCUT2D eigenvalue weighted by atomic mass is 11.0. The SMILES string of the molecule is C=C=CP(=O)(O)O. The minimum absolute atomic E-state index is 0.618. The van der Waals surface area contributed by atoms with Gasteiger partial charge in [-0.15, -0.1) is 5.73 Å². The Kier molecular flexibility index (Phi) is 2.00. The quantitative estimate of drug-likeness (QED) is 0.390. The second-order valence-electron chi connectivity index (χ2n) is 0.922. The molecule has 0 radical (unpaired) electrons. The fourth-order valence-electron chi connectivity index (χ4n) is 0.119. The summed E-state index contributed by atoms with van der Waals surface area (Å²) in [6, 6.07) is 0. The van der Waals surface area contributed by atoms with Crippen molar-refractivity contribution in [1.29, 1.82) is 0 Å². The first-order valence-corrected chi connectivity index (χ1v) is 3.16. The van der Waals surface area contributed by atoms with Crippen molar-refractivity contribution in [2.24, 2.45) is 0 Å². The van der Waals surface area contributed by atoms with Gasteiger partial charge in [0.25, 0.3) is 0 Å². The molecule has 0 aromatic carbocycles. The van der Waals surface area contributed by atoms with Crippen LogP contribution in [0.1, 0.15) is 0 Å². The Bertz CT molecular complexity index is 138. The molecule has 0 aliphatic rings. The van der Waals surface area contributed by atoms with Crippen LogP contribution in [-0.2, 0) is 4.57 Å². The molecule has 4 heteroatoms. The van der Waals surface area contributed by atoms with Crippen molar-refractivity contribution >= 4 is 7.60 Å². The molecule has 0 aromatic rings. The first kappa shape index (κ1) is 6.67. The van der Waals surface area contributed by atoms with E-state index in [9.17, 15) is 4.57 Å². The molecule has 0 fully saturated rings. The Labute approximate surface area is 41.1 Å². The van der Waals surface area contributed by atoms with Crippen molar-refractivity contribution < 1.29 is 14.4 Å². The van der Waals surface area contributed by atoms with Crippen LogP contribution in [0.4, 0.5) is 0 Å². The molecule has 0 saturated carbocycles. The molecule has 7 heavy (non-hydrogen) atoms. The number of rotatable bonds is 1. The number of hydrogen-bond acceptors (Lipinski definition) is 1. The van der Waals surface area contributed by atoms with Crippen LogP contribution in [0.15, 0.2) is 18.1 Å². The van der Waals surface area contributed by atoms with Gasteiger partial charge in [-0.05, 0) is 0 Å². The molecule has 0 aliphatic heterocycles. The smallest absolute Gasteiger partial charge is 0.321 e. The Morgan fingerprint density at radius 2 is 2.14 bits per heavy atom. The highest BCUT2D eigenvalue weighted by Crippen LogP contribution is 2.34. The molecule has 0 bridgehead atoms. The average molecular weight is 120 g/mol. The summed E-state index contributed by atoms with van der Waals surface area (Å²) in [4.78, 5) is 15.9. The Morgan fingerprint density at radius 3 is 2.14 bits per heavy atom. The van der Waals surface area contributed by atoms with Gasteiger partial charge in [0.1, 0.15) is 0 Å². The highest BCUT2D eigenvalue weighted by molar-refractivity contribution is 7.55. The lowest BCUT2D eigenvalue weighted by Gasteiger charge is -1.87. The number of hydrogen-bond donors (Lipinski definition) is 2. The first-order valence-electron chi connectivity index (χ1n) is 1.48. The molecule has 2 N–H and O–H groups in total. The van der Waals surface area contributed by atoms with Gasteiger partial charge in [-0.2, -0.15) is 0 Å². The summed E-state index contributed by atoms with van der Waals surface area (Å²) >= 11 is 0. The summed E-state index contributed by atoms with van der Waals surface area (Å²) in [6.07, 6.45) is 0. The van der Waals surface area contributed by atoms with E-state index in [1.54, 1.807) is 0 Å². The van der Waals surface area contributed by atoms with Crippen LogP contribution in [0.25, 0.3) is 0 Å². The van der Waals surface area contributed by atoms with Crippen molar-refractivity contribution in [3.63, 3.8) is 0 Å². The van der Waals surface area contributed by atoms with E-state index in [2.05, 4.69) is 6.58 Å². The zero-order valence-electron chi connectivity index (χ0n) is 3.53. The third-order valence-corrected chi connectivity index (χ3v) is 0.778. The van der Waals surface area contributed by atoms with E-state index in [1.807, 2.05) is 5.73 Å². The molecule has 0 saturated heterocycles. The Morgan fingerprint density at radius 1 is 1.71 bits per heavy atom. The fourth-order valence-corrected chi connectivity index (χ4v) is 0.357. The van der Waals surface area contributed by atoms with Gasteiger partial charge in [-0.1, -0.05) is 6.58 Å². The van der Waals surface area contributed by atoms with Crippen LogP contribution in [-0.4, -0.2) is 9.79 Å². The van der Waals surface area contributed by atoms with Crippen molar-refractivity contribution in [2.45, 2.75) is 0 Å². The van der Waals surface area contributed by atoms with Gasteiger partial charge >= 0.3 is 7.60 Å². The lowest BCUT2D eigenvalue weighted by Crippen LogP contribution is -1.64. The van der Waals surface area contributed by atoms with E-state index in [4.69, 9.17) is 9.79 Å². The maximum Gasteiger partial charge on any atom is 0.356 e. The third kappa shape index (κ3) is 5.67. The van der Waals surface area contributed by atoms with Gasteiger partial charge in [-0.25, -0.2) is 0 Å². The van der Waals surface area contributed by atoms with Crippen molar-refractivity contribution in [3.05, 3.63) is 18.1 Å². The van der Waals surface area contributed by atoms with Crippen molar-refractivity contribution in [1.82, 2.24) is 0 Å². The first-order chi connectivity index (χ1) is 3.06. The average Bonchev–Trinajstić information content (AvgIpc) is 1.30. The minimum atomic E-state index is -3.96. The minimum Gasteiger partial charge on any atom is -0.321 e. The van der Waals surface area contributed by atoms with Crippen LogP contribution in [0.3, 0.4) is 0 Å². The molecular weight excluding hydrogens is 115 g/mol. The van der Waals surface area contributed by atoms with Crippen molar-refractivity contribution in [2.75, 3.05) is 0 Å². The van der Waals surface area contributed by atoms with Gasteiger partial charge in [0.15, 0.2) is 0 Å². The van der Waals surface area contributed by atoms with Crippen LogP contribution in [0.2, 0.25) is 0 Å². The summed E-state index contributed by atoms with van der Waals surface area (Å²) in [6.45, 7) is 2.97. The predicted octanol–water partition coefficient (Wildman–Crippen LogP) is 0.463. The van der Waals surface area contributed by atoms with E-state index >= 15 is 0 Å². The van der Waals surface area contributed by atoms with Gasteiger partial charge in [0.05, 0.1) is 5.82 Å². The third-order valence-electron chi connectivity index (χ3n) is 0.259. The molecule has 0 amide bonds. The van der Waals surface area contributed by atoms with Crippen molar-refractivity contribution in [3.8, 4) is 0 Å². The lowest BCUT2D eigenvalue weighted by molar-refractivity contribution is 0.386. The summed E-state index contributed by atoms with van der Waals surface area (Å²) in [5.74, 6) is 0.618. The zero-order valence-corrected chi connectivity index (χ0v) is 4.43. The molecule has 40 valence electrons. The normalized spacial score (nSPS) is 10.0. The highest BCUT2D eigenvalue weighted by Gasteiger charge is 2.02. The maximum absolute atomic E-state index is 9.77. The van der Waals surface area contributed by atoms with Crippen LogP contribution in [0.5, 0.6) is 0 Å². The van der Waals surface area contributed by atoms with E-state index in [1.165, 1.54) is 0 Å². The largest absolute Gasteiger partial charge is 0.356 e. The van der Waals surface area contributed by atoms with Crippen LogP contribution >= 0.6 is 7.60 Å². The fraction of sp³-hybridized carbons (Fsp3) is 0. The summed E-state index contributed by atoms with van der Waals surface area (Å²) in [7, 11) is -3.96. The van der Waals surface area contributed by atoms with Crippen LogP contribution in [0, 0.1) is 0 Å². The molecule has 3 nitrogen and oxygen atoms in total. The monoisotopic (exact) mass is 120 g/mol. The van der Waals surface area contributed by atoms with E-state index in [-0.39, 0.29) is 0 Å².